The van der Waals surface area contributed by atoms with Crippen LogP contribution in [0.2, 0.25) is 0 Å². The Hall–Kier alpha value is -2.71. The number of aryl methyl sites for hydroxylation is 1. The molecule has 19 heavy (non-hydrogen) atoms. The molecule has 2 rings (SSSR count). The molecule has 0 aromatic carbocycles. The third-order valence-electron chi connectivity index (χ3n) is 2.63. The summed E-state index contributed by atoms with van der Waals surface area (Å²) in [5.41, 5.74) is 5.29. The van der Waals surface area contributed by atoms with E-state index in [2.05, 4.69) is 15.0 Å². The fourth-order valence-corrected chi connectivity index (χ4v) is 1.63. The lowest BCUT2D eigenvalue weighted by Gasteiger charge is -2.17. The second kappa shape index (κ2) is 4.88. The van der Waals surface area contributed by atoms with Crippen LogP contribution in [0.5, 0.6) is 0 Å². The Bertz CT molecular complexity index is 610. The van der Waals surface area contributed by atoms with Crippen LogP contribution in [0.1, 0.15) is 5.82 Å². The van der Waals surface area contributed by atoms with Gasteiger partial charge in [0.25, 0.3) is 0 Å². The molecule has 2 heterocycles. The Kier molecular flexibility index (Phi) is 3.27. The van der Waals surface area contributed by atoms with Gasteiger partial charge in [0.2, 0.25) is 11.8 Å². The van der Waals surface area contributed by atoms with Gasteiger partial charge >= 0.3 is 5.69 Å². The SMILES string of the molecule is CN(Cc1nccn1C)c1nc(N)ncc1[N+](=O)[O-]. The fraction of sp³-hybridized carbons (Fsp3) is 0.300. The number of nitro groups is 1. The molecule has 0 unspecified atom stereocenters. The quantitative estimate of drug-likeness (QED) is 0.624. The average Bonchev–Trinajstić information content (AvgIpc) is 2.74. The maximum atomic E-state index is 10.9. The van der Waals surface area contributed by atoms with Gasteiger partial charge < -0.3 is 15.2 Å². The van der Waals surface area contributed by atoms with E-state index < -0.39 is 4.92 Å². The molecular weight excluding hydrogens is 250 g/mol. The van der Waals surface area contributed by atoms with Gasteiger partial charge in [-0.2, -0.15) is 4.98 Å². The Morgan fingerprint density at radius 1 is 1.53 bits per heavy atom. The van der Waals surface area contributed by atoms with E-state index in [4.69, 9.17) is 5.73 Å². The van der Waals surface area contributed by atoms with Crippen LogP contribution in [0, 0.1) is 10.1 Å². The maximum absolute atomic E-state index is 10.9. The molecule has 2 N–H and O–H groups in total. The Morgan fingerprint density at radius 2 is 2.26 bits per heavy atom. The summed E-state index contributed by atoms with van der Waals surface area (Å²) in [6.07, 6.45) is 4.56. The minimum absolute atomic E-state index is 0.00714. The maximum Gasteiger partial charge on any atom is 0.329 e. The molecule has 0 amide bonds. The number of hydrogen-bond acceptors (Lipinski definition) is 7. The second-order valence-electron chi connectivity index (χ2n) is 4.00. The van der Waals surface area contributed by atoms with Gasteiger partial charge in [0, 0.05) is 26.5 Å². The van der Waals surface area contributed by atoms with E-state index in [0.29, 0.717) is 6.54 Å². The van der Waals surface area contributed by atoms with Gasteiger partial charge in [-0.05, 0) is 0 Å². The zero-order chi connectivity index (χ0) is 14.0. The van der Waals surface area contributed by atoms with Crippen LogP contribution >= 0.6 is 0 Å². The van der Waals surface area contributed by atoms with Crippen LogP contribution in [-0.4, -0.2) is 31.5 Å². The summed E-state index contributed by atoms with van der Waals surface area (Å²) in [5, 5.41) is 10.9. The van der Waals surface area contributed by atoms with Crippen LogP contribution < -0.4 is 10.6 Å². The highest BCUT2D eigenvalue weighted by molar-refractivity contribution is 5.57. The van der Waals surface area contributed by atoms with Crippen molar-refractivity contribution in [2.24, 2.45) is 7.05 Å². The van der Waals surface area contributed by atoms with E-state index in [1.54, 1.807) is 24.3 Å². The van der Waals surface area contributed by atoms with Crippen molar-refractivity contribution in [3.63, 3.8) is 0 Å². The molecule has 0 saturated carbocycles. The van der Waals surface area contributed by atoms with E-state index in [1.165, 1.54) is 0 Å². The summed E-state index contributed by atoms with van der Waals surface area (Å²) in [4.78, 5) is 23.7. The molecule has 9 nitrogen and oxygen atoms in total. The normalized spacial score (nSPS) is 10.4. The lowest BCUT2D eigenvalue weighted by atomic mass is 10.4. The number of nitrogen functional groups attached to an aromatic ring is 1. The summed E-state index contributed by atoms with van der Waals surface area (Å²) in [7, 11) is 3.53. The Morgan fingerprint density at radius 3 is 2.84 bits per heavy atom. The highest BCUT2D eigenvalue weighted by atomic mass is 16.6. The van der Waals surface area contributed by atoms with E-state index in [-0.39, 0.29) is 17.5 Å². The number of rotatable bonds is 4. The van der Waals surface area contributed by atoms with Crippen molar-refractivity contribution in [2.75, 3.05) is 17.7 Å². The van der Waals surface area contributed by atoms with Crippen molar-refractivity contribution < 1.29 is 4.92 Å². The topological polar surface area (TPSA) is 116 Å². The van der Waals surface area contributed by atoms with Crippen LogP contribution in [0.25, 0.3) is 0 Å². The summed E-state index contributed by atoms with van der Waals surface area (Å²) in [6.45, 7) is 0.376. The summed E-state index contributed by atoms with van der Waals surface area (Å²) < 4.78 is 1.83. The van der Waals surface area contributed by atoms with E-state index in [1.807, 2.05) is 11.6 Å². The summed E-state index contributed by atoms with van der Waals surface area (Å²) >= 11 is 0. The van der Waals surface area contributed by atoms with Gasteiger partial charge in [-0.15, -0.1) is 0 Å². The number of anilines is 2. The monoisotopic (exact) mass is 263 g/mol. The zero-order valence-corrected chi connectivity index (χ0v) is 10.5. The molecule has 2 aromatic rings. The molecule has 0 aliphatic carbocycles. The highest BCUT2D eigenvalue weighted by Gasteiger charge is 2.21. The van der Waals surface area contributed by atoms with Gasteiger partial charge in [0.15, 0.2) is 0 Å². The standard InChI is InChI=1S/C10H13N7O2/c1-15-4-3-12-8(15)6-16(2)9-7(17(18)19)5-13-10(11)14-9/h3-5H,6H2,1-2H3,(H2,11,13,14). The number of nitrogens with zero attached hydrogens (tertiary/aromatic N) is 6. The molecule has 0 fully saturated rings. The van der Waals surface area contributed by atoms with Gasteiger partial charge in [-0.3, -0.25) is 10.1 Å². The Balaban J connectivity index is 2.32. The molecule has 0 bridgehead atoms. The third kappa shape index (κ3) is 2.59. The van der Waals surface area contributed by atoms with Gasteiger partial charge in [-0.1, -0.05) is 0 Å². The first kappa shape index (κ1) is 12.7. The molecule has 9 heteroatoms. The number of imidazole rings is 1. The van der Waals surface area contributed by atoms with Crippen LogP contribution in [0.3, 0.4) is 0 Å². The van der Waals surface area contributed by atoms with Gasteiger partial charge in [0.1, 0.15) is 12.0 Å². The number of hydrogen-bond donors (Lipinski definition) is 1. The second-order valence-corrected chi connectivity index (χ2v) is 4.00. The molecule has 0 atom stereocenters. The summed E-state index contributed by atoms with van der Waals surface area (Å²) in [6, 6.07) is 0. The van der Waals surface area contributed by atoms with Crippen molar-refractivity contribution in [1.82, 2.24) is 19.5 Å². The molecule has 2 aromatic heterocycles. The predicted molar refractivity (Wildman–Crippen MR) is 68.4 cm³/mol. The first-order valence-electron chi connectivity index (χ1n) is 5.43. The Labute approximate surface area is 108 Å². The number of nitrogens with two attached hydrogens (primary N) is 1. The molecule has 0 aliphatic rings. The lowest BCUT2D eigenvalue weighted by molar-refractivity contribution is -0.384. The number of aromatic nitrogens is 4. The van der Waals surface area contributed by atoms with Gasteiger partial charge in [-0.25, -0.2) is 9.97 Å². The first-order valence-corrected chi connectivity index (χ1v) is 5.43. The average molecular weight is 263 g/mol. The van der Waals surface area contributed by atoms with Crippen LogP contribution in [0.4, 0.5) is 17.5 Å². The third-order valence-corrected chi connectivity index (χ3v) is 2.63. The minimum atomic E-state index is -0.538. The largest absolute Gasteiger partial charge is 0.368 e. The first-order chi connectivity index (χ1) is 8.99. The summed E-state index contributed by atoms with van der Waals surface area (Å²) in [5.74, 6) is 0.918. The molecule has 100 valence electrons. The molecular formula is C10H13N7O2. The van der Waals surface area contributed by atoms with Crippen molar-refractivity contribution in [2.45, 2.75) is 6.54 Å². The predicted octanol–water partition coefficient (Wildman–Crippen LogP) is 0.337. The van der Waals surface area contributed by atoms with Crippen molar-refractivity contribution in [1.29, 1.82) is 0 Å². The van der Waals surface area contributed by atoms with Crippen molar-refractivity contribution in [3.8, 4) is 0 Å². The van der Waals surface area contributed by atoms with Gasteiger partial charge in [0.05, 0.1) is 11.5 Å². The molecule has 0 radical (unpaired) electrons. The van der Waals surface area contributed by atoms with Crippen LogP contribution in [0.15, 0.2) is 18.6 Å². The highest BCUT2D eigenvalue weighted by Crippen LogP contribution is 2.25. The van der Waals surface area contributed by atoms with E-state index in [9.17, 15) is 10.1 Å². The minimum Gasteiger partial charge on any atom is -0.368 e. The van der Waals surface area contributed by atoms with Crippen molar-refractivity contribution in [3.05, 3.63) is 34.5 Å². The van der Waals surface area contributed by atoms with Crippen LogP contribution in [-0.2, 0) is 13.6 Å². The fourth-order valence-electron chi connectivity index (χ4n) is 1.63. The molecule has 0 spiro atoms. The zero-order valence-electron chi connectivity index (χ0n) is 10.5. The van der Waals surface area contributed by atoms with E-state index in [0.717, 1.165) is 12.0 Å². The van der Waals surface area contributed by atoms with E-state index >= 15 is 0 Å². The molecule has 0 saturated heterocycles. The lowest BCUT2D eigenvalue weighted by Crippen LogP contribution is -2.22. The molecule has 0 aliphatic heterocycles. The van der Waals surface area contributed by atoms with Crippen molar-refractivity contribution >= 4 is 17.5 Å². The smallest absolute Gasteiger partial charge is 0.329 e.